The maximum absolute atomic E-state index is 13.4. The number of rotatable bonds is 13. The van der Waals surface area contributed by atoms with E-state index in [9.17, 15) is 4.79 Å². The Balaban J connectivity index is 1.62. The fourth-order valence-corrected chi connectivity index (χ4v) is 6.17. The van der Waals surface area contributed by atoms with Crippen LogP contribution in [0, 0.1) is 17.3 Å². The number of ether oxygens (including phenoxy) is 2. The standard InChI is InChI=1S/C29H48N2O3/c1-3-33-18-11-19-34-27(24-14-8-5-9-15-24)29(2)17-10-16-25(21-29)28(32)31-26(22-30)20-23-12-6-4-7-13-23/h5,8-9,14-15,23,25-27H,3-4,6-7,10-13,16-22,30H2,1-2H3,(H,31,32)/t25?,26-,27-,29+/m0/s1. The molecule has 0 bridgehead atoms. The Morgan fingerprint density at radius 2 is 1.88 bits per heavy atom. The summed E-state index contributed by atoms with van der Waals surface area (Å²) in [7, 11) is 0. The van der Waals surface area contributed by atoms with Crippen LogP contribution >= 0.6 is 0 Å². The smallest absolute Gasteiger partial charge is 0.223 e. The molecule has 2 saturated carbocycles. The van der Waals surface area contributed by atoms with Crippen LogP contribution in [0.15, 0.2) is 30.3 Å². The number of hydrogen-bond acceptors (Lipinski definition) is 4. The second kappa shape index (κ2) is 14.2. The molecule has 34 heavy (non-hydrogen) atoms. The van der Waals surface area contributed by atoms with Gasteiger partial charge in [0.15, 0.2) is 0 Å². The van der Waals surface area contributed by atoms with E-state index in [1.54, 1.807) is 0 Å². The third-order valence-corrected chi connectivity index (χ3v) is 8.01. The molecule has 5 heteroatoms. The molecule has 3 N–H and O–H groups in total. The Hall–Kier alpha value is -1.43. The number of hydrogen-bond donors (Lipinski definition) is 2. The lowest BCUT2D eigenvalue weighted by Gasteiger charge is -2.43. The number of carbonyl (C=O) groups is 1. The molecule has 2 aliphatic carbocycles. The Morgan fingerprint density at radius 3 is 2.59 bits per heavy atom. The summed E-state index contributed by atoms with van der Waals surface area (Å²) in [6.45, 7) is 6.99. The molecular weight excluding hydrogens is 424 g/mol. The van der Waals surface area contributed by atoms with E-state index < -0.39 is 0 Å². The molecule has 5 nitrogen and oxygen atoms in total. The fraction of sp³-hybridized carbons (Fsp3) is 0.759. The molecule has 3 rings (SSSR count). The van der Waals surface area contributed by atoms with Crippen LogP contribution < -0.4 is 11.1 Å². The van der Waals surface area contributed by atoms with Gasteiger partial charge >= 0.3 is 0 Å². The summed E-state index contributed by atoms with van der Waals surface area (Å²) in [5.41, 5.74) is 7.22. The molecule has 0 aromatic heterocycles. The highest BCUT2D eigenvalue weighted by atomic mass is 16.5. The van der Waals surface area contributed by atoms with Crippen LogP contribution in [0.2, 0.25) is 0 Å². The quantitative estimate of drug-likeness (QED) is 0.357. The lowest BCUT2D eigenvalue weighted by molar-refractivity contribution is -0.131. The van der Waals surface area contributed by atoms with Crippen molar-refractivity contribution in [1.82, 2.24) is 5.32 Å². The van der Waals surface area contributed by atoms with Crippen molar-refractivity contribution >= 4 is 5.91 Å². The molecule has 0 aliphatic heterocycles. The van der Waals surface area contributed by atoms with Crippen LogP contribution in [-0.2, 0) is 14.3 Å². The van der Waals surface area contributed by atoms with E-state index in [1.165, 1.54) is 37.7 Å². The molecule has 0 spiro atoms. The van der Waals surface area contributed by atoms with Gasteiger partial charge in [0.2, 0.25) is 5.91 Å². The molecule has 1 aromatic carbocycles. The number of amides is 1. The van der Waals surface area contributed by atoms with Crippen LogP contribution in [0.1, 0.15) is 96.1 Å². The molecule has 1 aromatic rings. The molecule has 2 fully saturated rings. The molecule has 0 radical (unpaired) electrons. The van der Waals surface area contributed by atoms with E-state index in [-0.39, 0.29) is 29.4 Å². The van der Waals surface area contributed by atoms with Crippen molar-refractivity contribution in [3.05, 3.63) is 35.9 Å². The van der Waals surface area contributed by atoms with Gasteiger partial charge in [0.1, 0.15) is 0 Å². The van der Waals surface area contributed by atoms with Gasteiger partial charge in [0.05, 0.1) is 6.10 Å². The minimum atomic E-state index is -0.0746. The average molecular weight is 473 g/mol. The Labute approximate surface area is 207 Å². The van der Waals surface area contributed by atoms with Gasteiger partial charge in [-0.1, -0.05) is 75.8 Å². The van der Waals surface area contributed by atoms with Crippen molar-refractivity contribution in [3.63, 3.8) is 0 Å². The first kappa shape index (κ1) is 27.2. The van der Waals surface area contributed by atoms with Gasteiger partial charge in [-0.25, -0.2) is 0 Å². The van der Waals surface area contributed by atoms with Crippen molar-refractivity contribution in [2.75, 3.05) is 26.4 Å². The molecular formula is C29H48N2O3. The molecule has 2 aliphatic rings. The summed E-state index contributed by atoms with van der Waals surface area (Å²) in [6.07, 6.45) is 12.4. The Bertz CT molecular complexity index is 707. The Morgan fingerprint density at radius 1 is 1.12 bits per heavy atom. The van der Waals surface area contributed by atoms with Crippen molar-refractivity contribution in [2.45, 2.75) is 96.6 Å². The van der Waals surface area contributed by atoms with E-state index in [4.69, 9.17) is 15.2 Å². The lowest BCUT2D eigenvalue weighted by Crippen LogP contribution is -2.46. The third kappa shape index (κ3) is 8.07. The average Bonchev–Trinajstić information content (AvgIpc) is 2.86. The molecule has 192 valence electrons. The molecule has 4 atom stereocenters. The number of benzene rings is 1. The Kier molecular flexibility index (Phi) is 11.4. The minimum Gasteiger partial charge on any atom is -0.382 e. The minimum absolute atomic E-state index is 0.0153. The molecule has 0 saturated heterocycles. The van der Waals surface area contributed by atoms with Gasteiger partial charge in [0, 0.05) is 38.3 Å². The SMILES string of the molecule is CCOCCCO[C@@H](c1ccccc1)[C@]1(C)CCCC(C(=O)N[C@H](CN)CC2CCCCC2)C1. The topological polar surface area (TPSA) is 73.6 Å². The van der Waals surface area contributed by atoms with Crippen molar-refractivity contribution in [2.24, 2.45) is 23.0 Å². The van der Waals surface area contributed by atoms with Gasteiger partial charge in [-0.05, 0) is 55.9 Å². The zero-order valence-electron chi connectivity index (χ0n) is 21.6. The molecule has 0 heterocycles. The highest BCUT2D eigenvalue weighted by Gasteiger charge is 2.42. The zero-order valence-corrected chi connectivity index (χ0v) is 21.6. The van der Waals surface area contributed by atoms with E-state index in [2.05, 4.69) is 36.5 Å². The number of nitrogens with two attached hydrogens (primary N) is 1. The van der Waals surface area contributed by atoms with Gasteiger partial charge in [0.25, 0.3) is 0 Å². The molecule has 1 unspecified atom stereocenters. The van der Waals surface area contributed by atoms with Crippen LogP contribution in [0.3, 0.4) is 0 Å². The number of nitrogens with one attached hydrogen (secondary N) is 1. The van der Waals surface area contributed by atoms with Crippen molar-refractivity contribution < 1.29 is 14.3 Å². The van der Waals surface area contributed by atoms with E-state index >= 15 is 0 Å². The largest absolute Gasteiger partial charge is 0.382 e. The summed E-state index contributed by atoms with van der Waals surface area (Å²) in [6, 6.07) is 10.6. The van der Waals surface area contributed by atoms with E-state index in [0.29, 0.717) is 19.1 Å². The highest BCUT2D eigenvalue weighted by Crippen LogP contribution is 2.49. The monoisotopic (exact) mass is 472 g/mol. The summed E-state index contributed by atoms with van der Waals surface area (Å²) >= 11 is 0. The van der Waals surface area contributed by atoms with Crippen LogP contribution in [0.25, 0.3) is 0 Å². The fourth-order valence-electron chi connectivity index (χ4n) is 6.17. The first-order chi connectivity index (χ1) is 16.6. The zero-order chi connectivity index (χ0) is 24.2. The van der Waals surface area contributed by atoms with Gasteiger partial charge in [-0.3, -0.25) is 4.79 Å². The first-order valence-electron chi connectivity index (χ1n) is 13.8. The number of carbonyl (C=O) groups excluding carboxylic acids is 1. The molecule has 1 amide bonds. The third-order valence-electron chi connectivity index (χ3n) is 8.01. The van der Waals surface area contributed by atoms with Crippen LogP contribution in [0.4, 0.5) is 0 Å². The van der Waals surface area contributed by atoms with Gasteiger partial charge in [-0.15, -0.1) is 0 Å². The van der Waals surface area contributed by atoms with Gasteiger partial charge in [-0.2, -0.15) is 0 Å². The second-order valence-corrected chi connectivity index (χ2v) is 10.8. The van der Waals surface area contributed by atoms with Crippen molar-refractivity contribution in [1.29, 1.82) is 0 Å². The lowest BCUT2D eigenvalue weighted by atomic mass is 9.66. The summed E-state index contributed by atoms with van der Waals surface area (Å²) in [4.78, 5) is 13.4. The first-order valence-corrected chi connectivity index (χ1v) is 13.8. The second-order valence-electron chi connectivity index (χ2n) is 10.8. The van der Waals surface area contributed by atoms with E-state index in [1.807, 2.05) is 13.0 Å². The van der Waals surface area contributed by atoms with E-state index in [0.717, 1.165) is 51.7 Å². The normalized spacial score (nSPS) is 25.6. The maximum atomic E-state index is 13.4. The predicted octanol–water partition coefficient (Wildman–Crippen LogP) is 5.78. The summed E-state index contributed by atoms with van der Waals surface area (Å²) < 4.78 is 12.0. The predicted molar refractivity (Wildman–Crippen MR) is 138 cm³/mol. The van der Waals surface area contributed by atoms with Crippen molar-refractivity contribution in [3.8, 4) is 0 Å². The van der Waals surface area contributed by atoms with Gasteiger partial charge < -0.3 is 20.5 Å². The van der Waals surface area contributed by atoms with Crippen LogP contribution in [0.5, 0.6) is 0 Å². The maximum Gasteiger partial charge on any atom is 0.223 e. The highest BCUT2D eigenvalue weighted by molar-refractivity contribution is 5.79. The van der Waals surface area contributed by atoms with Crippen LogP contribution in [-0.4, -0.2) is 38.3 Å². The summed E-state index contributed by atoms with van der Waals surface area (Å²) in [5, 5.41) is 3.35. The summed E-state index contributed by atoms with van der Waals surface area (Å²) in [5.74, 6) is 0.935.